The van der Waals surface area contributed by atoms with E-state index in [9.17, 15) is 4.79 Å². The lowest BCUT2D eigenvalue weighted by Crippen LogP contribution is -2.34. The monoisotopic (exact) mass is 278 g/mol. The summed E-state index contributed by atoms with van der Waals surface area (Å²) >= 11 is 0. The molecular weight excluding hydrogens is 252 g/mol. The van der Waals surface area contributed by atoms with Crippen LogP contribution in [0.1, 0.15) is 57.7 Å². The maximum atomic E-state index is 12.1. The summed E-state index contributed by atoms with van der Waals surface area (Å²) in [7, 11) is 0. The zero-order chi connectivity index (χ0) is 14.2. The Hall–Kier alpha value is -1.39. The van der Waals surface area contributed by atoms with Gasteiger partial charge in [0.25, 0.3) is 0 Å². The molecule has 1 saturated carbocycles. The van der Waals surface area contributed by atoms with Crippen LogP contribution in [0.3, 0.4) is 0 Å². The van der Waals surface area contributed by atoms with E-state index in [0.29, 0.717) is 6.54 Å². The second-order valence-electron chi connectivity index (χ2n) is 5.83. The number of unbranched alkanes of at least 4 members (excludes halogenated alkanes) is 1. The number of hydrogen-bond donors (Lipinski definition) is 2. The third kappa shape index (κ3) is 4.62. The van der Waals surface area contributed by atoms with Gasteiger partial charge in [0.05, 0.1) is 0 Å². The Morgan fingerprint density at radius 1 is 1.40 bits per heavy atom. The molecule has 2 N–H and O–H groups in total. The highest BCUT2D eigenvalue weighted by Gasteiger charge is 2.25. The van der Waals surface area contributed by atoms with E-state index in [1.54, 1.807) is 0 Å². The first-order valence-corrected chi connectivity index (χ1v) is 7.91. The average Bonchev–Trinajstić information content (AvgIpc) is 2.99. The van der Waals surface area contributed by atoms with Gasteiger partial charge in [-0.15, -0.1) is 0 Å². The molecule has 20 heavy (non-hydrogen) atoms. The van der Waals surface area contributed by atoms with Gasteiger partial charge in [-0.2, -0.15) is 5.10 Å². The Morgan fingerprint density at radius 2 is 2.20 bits per heavy atom. The van der Waals surface area contributed by atoms with Crippen molar-refractivity contribution in [2.75, 3.05) is 6.54 Å². The van der Waals surface area contributed by atoms with Crippen molar-refractivity contribution in [2.24, 2.45) is 11.8 Å². The van der Waals surface area contributed by atoms with Crippen molar-refractivity contribution in [2.45, 2.75) is 58.3 Å². The fourth-order valence-electron chi connectivity index (χ4n) is 3.01. The first-order valence-electron chi connectivity index (χ1n) is 7.91. The number of H-pyrrole nitrogens is 1. The lowest BCUT2D eigenvalue weighted by atomic mass is 9.79. The highest BCUT2D eigenvalue weighted by atomic mass is 16.1. The van der Waals surface area contributed by atoms with E-state index in [1.807, 2.05) is 0 Å². The van der Waals surface area contributed by atoms with Crippen molar-refractivity contribution in [1.82, 2.24) is 20.5 Å². The van der Waals surface area contributed by atoms with Gasteiger partial charge in [-0.25, -0.2) is 4.98 Å². The molecule has 1 aromatic heterocycles. The molecule has 0 aromatic carbocycles. The SMILES string of the molecule is CCCCC1CCC(C(=O)NCCc2ncn[nH]2)CC1. The second-order valence-corrected chi connectivity index (χ2v) is 5.83. The molecular formula is C15H26N4O. The molecule has 1 aliphatic rings. The van der Waals surface area contributed by atoms with Crippen LogP contribution in [0.5, 0.6) is 0 Å². The number of rotatable bonds is 7. The standard InChI is InChI=1S/C15H26N4O/c1-2-3-4-12-5-7-13(8-6-12)15(20)16-10-9-14-17-11-18-19-14/h11-13H,2-10H2,1H3,(H,16,20)(H,17,18,19). The summed E-state index contributed by atoms with van der Waals surface area (Å²) in [5, 5.41) is 9.62. The Labute approximate surface area is 120 Å². The molecule has 1 heterocycles. The molecule has 112 valence electrons. The van der Waals surface area contributed by atoms with Crippen molar-refractivity contribution in [3.63, 3.8) is 0 Å². The number of amides is 1. The summed E-state index contributed by atoms with van der Waals surface area (Å²) in [6, 6.07) is 0. The fraction of sp³-hybridized carbons (Fsp3) is 0.800. The van der Waals surface area contributed by atoms with Gasteiger partial charge in [-0.3, -0.25) is 9.89 Å². The van der Waals surface area contributed by atoms with Crippen LogP contribution < -0.4 is 5.32 Å². The minimum atomic E-state index is 0.221. The van der Waals surface area contributed by atoms with Crippen molar-refractivity contribution < 1.29 is 4.79 Å². The van der Waals surface area contributed by atoms with Crippen LogP contribution in [0.4, 0.5) is 0 Å². The predicted octanol–water partition coefficient (Wildman–Crippen LogP) is 2.46. The number of carbonyl (C=O) groups excluding carboxylic acids is 1. The maximum Gasteiger partial charge on any atom is 0.223 e. The lowest BCUT2D eigenvalue weighted by Gasteiger charge is -2.27. The van der Waals surface area contributed by atoms with Crippen molar-refractivity contribution in [3.8, 4) is 0 Å². The molecule has 0 unspecified atom stereocenters. The molecule has 0 radical (unpaired) electrons. The van der Waals surface area contributed by atoms with Crippen molar-refractivity contribution >= 4 is 5.91 Å². The molecule has 0 saturated heterocycles. The van der Waals surface area contributed by atoms with E-state index in [-0.39, 0.29) is 11.8 Å². The van der Waals surface area contributed by atoms with Gasteiger partial charge in [0.15, 0.2) is 0 Å². The minimum absolute atomic E-state index is 0.221. The van der Waals surface area contributed by atoms with Crippen LogP contribution in [0.15, 0.2) is 6.33 Å². The van der Waals surface area contributed by atoms with E-state index in [2.05, 4.69) is 27.4 Å². The molecule has 0 bridgehead atoms. The molecule has 0 aliphatic heterocycles. The first kappa shape index (κ1) is 15.0. The molecule has 0 atom stereocenters. The molecule has 1 aromatic rings. The smallest absolute Gasteiger partial charge is 0.223 e. The quantitative estimate of drug-likeness (QED) is 0.805. The van der Waals surface area contributed by atoms with E-state index < -0.39 is 0 Å². The van der Waals surface area contributed by atoms with Crippen molar-refractivity contribution in [1.29, 1.82) is 0 Å². The van der Waals surface area contributed by atoms with Crippen molar-refractivity contribution in [3.05, 3.63) is 12.2 Å². The fourth-order valence-corrected chi connectivity index (χ4v) is 3.01. The topological polar surface area (TPSA) is 70.7 Å². The molecule has 5 nitrogen and oxygen atoms in total. The highest BCUT2D eigenvalue weighted by Crippen LogP contribution is 2.31. The van der Waals surface area contributed by atoms with Crippen LogP contribution in [0.2, 0.25) is 0 Å². The molecule has 2 rings (SSSR count). The van der Waals surface area contributed by atoms with Gasteiger partial charge >= 0.3 is 0 Å². The van der Waals surface area contributed by atoms with Gasteiger partial charge in [0.2, 0.25) is 5.91 Å². The average molecular weight is 278 g/mol. The van der Waals surface area contributed by atoms with E-state index in [4.69, 9.17) is 0 Å². The van der Waals surface area contributed by atoms with Gasteiger partial charge in [0, 0.05) is 18.9 Å². The number of aromatic nitrogens is 3. The number of nitrogens with zero attached hydrogens (tertiary/aromatic N) is 2. The van der Waals surface area contributed by atoms with Crippen LogP contribution in [0, 0.1) is 11.8 Å². The Morgan fingerprint density at radius 3 is 2.85 bits per heavy atom. The molecule has 1 fully saturated rings. The lowest BCUT2D eigenvalue weighted by molar-refractivity contribution is -0.126. The zero-order valence-corrected chi connectivity index (χ0v) is 12.4. The maximum absolute atomic E-state index is 12.1. The summed E-state index contributed by atoms with van der Waals surface area (Å²) in [5.74, 6) is 2.13. The van der Waals surface area contributed by atoms with Crippen LogP contribution >= 0.6 is 0 Å². The van der Waals surface area contributed by atoms with Crippen LogP contribution in [-0.2, 0) is 11.2 Å². The Kier molecular flexibility index (Phi) is 6.02. The molecule has 5 heteroatoms. The van der Waals surface area contributed by atoms with Gasteiger partial charge in [-0.1, -0.05) is 26.2 Å². The molecule has 1 aliphatic carbocycles. The third-order valence-electron chi connectivity index (χ3n) is 4.31. The third-order valence-corrected chi connectivity index (χ3v) is 4.31. The van der Waals surface area contributed by atoms with Gasteiger partial charge in [-0.05, 0) is 31.6 Å². The predicted molar refractivity (Wildman–Crippen MR) is 78.1 cm³/mol. The summed E-state index contributed by atoms with van der Waals surface area (Å²) in [4.78, 5) is 16.1. The van der Waals surface area contributed by atoms with Crippen LogP contribution in [-0.4, -0.2) is 27.6 Å². The summed E-state index contributed by atoms with van der Waals surface area (Å²) < 4.78 is 0. The Bertz CT molecular complexity index is 383. The Balaban J connectivity index is 1.61. The molecule has 0 spiro atoms. The highest BCUT2D eigenvalue weighted by molar-refractivity contribution is 5.78. The van der Waals surface area contributed by atoms with E-state index in [1.165, 1.54) is 38.4 Å². The minimum Gasteiger partial charge on any atom is -0.355 e. The summed E-state index contributed by atoms with van der Waals surface area (Å²) in [6.07, 6.45) is 10.7. The summed E-state index contributed by atoms with van der Waals surface area (Å²) in [5.41, 5.74) is 0. The second kappa shape index (κ2) is 8.02. The van der Waals surface area contributed by atoms with E-state index >= 15 is 0 Å². The largest absolute Gasteiger partial charge is 0.355 e. The normalized spacial score (nSPS) is 22.6. The van der Waals surface area contributed by atoms with Gasteiger partial charge in [0.1, 0.15) is 12.2 Å². The zero-order valence-electron chi connectivity index (χ0n) is 12.4. The van der Waals surface area contributed by atoms with Crippen LogP contribution in [0.25, 0.3) is 0 Å². The number of hydrogen-bond acceptors (Lipinski definition) is 3. The molecule has 1 amide bonds. The first-order chi connectivity index (χ1) is 9.79. The number of aromatic amines is 1. The number of nitrogens with one attached hydrogen (secondary N) is 2. The van der Waals surface area contributed by atoms with Gasteiger partial charge < -0.3 is 5.32 Å². The summed E-state index contributed by atoms with van der Waals surface area (Å²) in [6.45, 7) is 2.89. The van der Waals surface area contributed by atoms with E-state index in [0.717, 1.165) is 31.0 Å². The number of carbonyl (C=O) groups is 1.